The summed E-state index contributed by atoms with van der Waals surface area (Å²) in [6.45, 7) is 0.584. The van der Waals surface area contributed by atoms with Gasteiger partial charge in [-0.3, -0.25) is 4.68 Å². The molecule has 162 valence electrons. The molecule has 2 aromatic carbocycles. The molecule has 9 heteroatoms. The summed E-state index contributed by atoms with van der Waals surface area (Å²) in [6.07, 6.45) is 1.73. The van der Waals surface area contributed by atoms with Crippen LogP contribution >= 0.6 is 35.2 Å². The van der Waals surface area contributed by atoms with Gasteiger partial charge in [0.2, 0.25) is 0 Å². The van der Waals surface area contributed by atoms with Crippen LogP contribution in [0.25, 0.3) is 10.4 Å². The number of carbonyl (C=O) groups excluding carboxylic acids is 1. The lowest BCUT2D eigenvalue weighted by Crippen LogP contribution is -2.20. The van der Waals surface area contributed by atoms with Gasteiger partial charge in [-0.1, -0.05) is 72.3 Å². The molecule has 0 aliphatic rings. The van der Waals surface area contributed by atoms with Gasteiger partial charge < -0.3 is 15.4 Å². The minimum absolute atomic E-state index is 0.267. The maximum absolute atomic E-state index is 12.3. The first-order chi connectivity index (χ1) is 15.5. The molecule has 0 fully saturated rings. The first-order valence-electron chi connectivity index (χ1n) is 9.66. The molecule has 2 N–H and O–H groups in total. The van der Waals surface area contributed by atoms with E-state index in [1.54, 1.807) is 16.9 Å². The van der Waals surface area contributed by atoms with Crippen molar-refractivity contribution < 1.29 is 9.53 Å². The number of benzene rings is 2. The number of nitrogens with one attached hydrogen (secondary N) is 2. The van der Waals surface area contributed by atoms with Crippen molar-refractivity contribution in [3.8, 4) is 10.4 Å². The molecule has 0 amide bonds. The van der Waals surface area contributed by atoms with Crippen LogP contribution in [-0.4, -0.2) is 28.0 Å². The highest BCUT2D eigenvalue weighted by atomic mass is 35.5. The number of thiophene rings is 1. The highest BCUT2D eigenvalue weighted by molar-refractivity contribution is 7.80. The second kappa shape index (κ2) is 9.95. The molecule has 0 unspecified atom stereocenters. The minimum atomic E-state index is -0.445. The summed E-state index contributed by atoms with van der Waals surface area (Å²) >= 11 is 13.2. The lowest BCUT2D eigenvalue weighted by Gasteiger charge is -2.09. The smallest absolute Gasteiger partial charge is 0.340 e. The molecule has 2 aromatic heterocycles. The van der Waals surface area contributed by atoms with E-state index in [-0.39, 0.29) is 5.11 Å². The third-order valence-electron chi connectivity index (χ3n) is 4.56. The average molecular weight is 483 g/mol. The molecule has 2 heterocycles. The van der Waals surface area contributed by atoms with Gasteiger partial charge >= 0.3 is 5.97 Å². The lowest BCUT2D eigenvalue weighted by molar-refractivity contribution is 0.0602. The molecule has 0 bridgehead atoms. The largest absolute Gasteiger partial charge is 0.465 e. The predicted molar refractivity (Wildman–Crippen MR) is 134 cm³/mol. The summed E-state index contributed by atoms with van der Waals surface area (Å²) in [4.78, 5) is 13.2. The van der Waals surface area contributed by atoms with Crippen LogP contribution in [0.3, 0.4) is 0 Å². The standard InChI is InChI=1S/C23H19ClN4O2S2/c1-30-22(29)17-12-19(16-10-6-3-7-11-16)32-21(17)26-23(31)25-20-18(24)14-28(27-20)13-15-8-4-2-5-9-15/h2-12,14H,13H2,1H3,(H2,25,26,27,31). The number of aromatic nitrogens is 2. The lowest BCUT2D eigenvalue weighted by atomic mass is 10.1. The number of anilines is 2. The third kappa shape index (κ3) is 5.16. The van der Waals surface area contributed by atoms with Crippen LogP contribution in [0.1, 0.15) is 15.9 Å². The zero-order chi connectivity index (χ0) is 22.5. The Labute approximate surface area is 199 Å². The molecule has 6 nitrogen and oxygen atoms in total. The molecule has 0 saturated carbocycles. The normalized spacial score (nSPS) is 10.6. The maximum Gasteiger partial charge on any atom is 0.340 e. The molecule has 4 aromatic rings. The Kier molecular flexibility index (Phi) is 6.84. The second-order valence-corrected chi connectivity index (χ2v) is 8.67. The Morgan fingerprint density at radius 3 is 2.50 bits per heavy atom. The first kappa shape index (κ1) is 22.0. The van der Waals surface area contributed by atoms with Crippen LogP contribution in [0.5, 0.6) is 0 Å². The van der Waals surface area contributed by atoms with E-state index in [2.05, 4.69) is 15.7 Å². The van der Waals surface area contributed by atoms with Gasteiger partial charge in [0.1, 0.15) is 10.0 Å². The van der Waals surface area contributed by atoms with Crippen molar-refractivity contribution in [1.82, 2.24) is 9.78 Å². The molecule has 0 aliphatic heterocycles. The number of carbonyl (C=O) groups is 1. The number of ether oxygens (including phenoxy) is 1. The minimum Gasteiger partial charge on any atom is -0.465 e. The van der Waals surface area contributed by atoms with E-state index in [0.717, 1.165) is 16.0 Å². The van der Waals surface area contributed by atoms with Gasteiger partial charge in [-0.2, -0.15) is 5.10 Å². The first-order valence-corrected chi connectivity index (χ1v) is 11.3. The number of thiocarbonyl (C=S) groups is 1. The monoisotopic (exact) mass is 482 g/mol. The van der Waals surface area contributed by atoms with Crippen molar-refractivity contribution in [3.05, 3.63) is 89.1 Å². The third-order valence-corrected chi connectivity index (χ3v) is 6.14. The topological polar surface area (TPSA) is 68.2 Å². The van der Waals surface area contributed by atoms with Crippen LogP contribution in [0.15, 0.2) is 72.9 Å². The Morgan fingerprint density at radius 1 is 1.12 bits per heavy atom. The maximum atomic E-state index is 12.3. The molecular weight excluding hydrogens is 464 g/mol. The van der Waals surface area contributed by atoms with Crippen molar-refractivity contribution in [2.75, 3.05) is 17.7 Å². The van der Waals surface area contributed by atoms with Crippen LogP contribution in [-0.2, 0) is 11.3 Å². The van der Waals surface area contributed by atoms with Gasteiger partial charge in [-0.05, 0) is 29.4 Å². The summed E-state index contributed by atoms with van der Waals surface area (Å²) in [6, 6.07) is 21.5. The fraction of sp³-hybridized carbons (Fsp3) is 0.0870. The van der Waals surface area contributed by atoms with E-state index in [4.69, 9.17) is 28.6 Å². The van der Waals surface area contributed by atoms with E-state index in [9.17, 15) is 4.79 Å². The van der Waals surface area contributed by atoms with E-state index in [1.807, 2.05) is 60.7 Å². The molecule has 4 rings (SSSR count). The number of halogens is 1. The van der Waals surface area contributed by atoms with Crippen molar-refractivity contribution in [2.24, 2.45) is 0 Å². The van der Waals surface area contributed by atoms with Crippen LogP contribution in [0.2, 0.25) is 5.02 Å². The zero-order valence-electron chi connectivity index (χ0n) is 17.0. The van der Waals surface area contributed by atoms with Crippen LogP contribution in [0.4, 0.5) is 10.8 Å². The SMILES string of the molecule is COC(=O)c1cc(-c2ccccc2)sc1NC(=S)Nc1nn(Cc2ccccc2)cc1Cl. The molecule has 0 atom stereocenters. The molecule has 0 saturated heterocycles. The van der Waals surface area contributed by atoms with Gasteiger partial charge in [0.15, 0.2) is 10.9 Å². The molecular formula is C23H19ClN4O2S2. The van der Waals surface area contributed by atoms with Crippen molar-refractivity contribution in [2.45, 2.75) is 6.54 Å². The zero-order valence-corrected chi connectivity index (χ0v) is 19.4. The Balaban J connectivity index is 1.50. The van der Waals surface area contributed by atoms with Gasteiger partial charge in [0.25, 0.3) is 0 Å². The van der Waals surface area contributed by atoms with Gasteiger partial charge in [-0.25, -0.2) is 4.79 Å². The number of nitrogens with zero attached hydrogens (tertiary/aromatic N) is 2. The van der Waals surface area contributed by atoms with Crippen molar-refractivity contribution in [1.29, 1.82) is 0 Å². The van der Waals surface area contributed by atoms with Gasteiger partial charge in [0, 0.05) is 11.1 Å². The fourth-order valence-corrected chi connectivity index (χ4v) is 4.58. The van der Waals surface area contributed by atoms with E-state index in [1.165, 1.54) is 18.4 Å². The van der Waals surface area contributed by atoms with Gasteiger partial charge in [0.05, 0.1) is 19.2 Å². The highest BCUT2D eigenvalue weighted by Gasteiger charge is 2.19. The fourth-order valence-electron chi connectivity index (χ4n) is 3.07. The number of esters is 1. The predicted octanol–water partition coefficient (Wildman–Crippen LogP) is 5.91. The molecule has 0 aliphatic carbocycles. The van der Waals surface area contributed by atoms with Crippen LogP contribution < -0.4 is 10.6 Å². The summed E-state index contributed by atoms with van der Waals surface area (Å²) in [5.41, 5.74) is 2.51. The summed E-state index contributed by atoms with van der Waals surface area (Å²) in [7, 11) is 1.35. The van der Waals surface area contributed by atoms with E-state index < -0.39 is 5.97 Å². The summed E-state index contributed by atoms with van der Waals surface area (Å²) < 4.78 is 6.67. The molecule has 0 radical (unpaired) electrons. The Bertz CT molecular complexity index is 1240. The van der Waals surface area contributed by atoms with E-state index >= 15 is 0 Å². The Hall–Kier alpha value is -3.20. The number of hydrogen-bond donors (Lipinski definition) is 2. The number of hydrogen-bond acceptors (Lipinski definition) is 5. The van der Waals surface area contributed by atoms with Gasteiger partial charge in [-0.15, -0.1) is 11.3 Å². The molecule has 0 spiro atoms. The quantitative estimate of drug-likeness (QED) is 0.263. The number of rotatable bonds is 6. The number of methoxy groups -OCH3 is 1. The second-order valence-electron chi connectivity index (χ2n) is 6.80. The van der Waals surface area contributed by atoms with Crippen molar-refractivity contribution >= 4 is 57.1 Å². The van der Waals surface area contributed by atoms with E-state index in [0.29, 0.717) is 27.9 Å². The Morgan fingerprint density at radius 2 is 1.81 bits per heavy atom. The average Bonchev–Trinajstić information content (AvgIpc) is 3.37. The molecule has 32 heavy (non-hydrogen) atoms. The van der Waals surface area contributed by atoms with Crippen LogP contribution in [0, 0.1) is 0 Å². The summed E-state index contributed by atoms with van der Waals surface area (Å²) in [5.74, 6) is -0.0153. The van der Waals surface area contributed by atoms with Crippen molar-refractivity contribution in [3.63, 3.8) is 0 Å². The highest BCUT2D eigenvalue weighted by Crippen LogP contribution is 2.36. The summed E-state index contributed by atoms with van der Waals surface area (Å²) in [5, 5.41) is 11.8.